The van der Waals surface area contributed by atoms with Gasteiger partial charge < -0.3 is 14.7 Å². The van der Waals surface area contributed by atoms with Crippen LogP contribution in [-0.4, -0.2) is 42.8 Å². The standard InChI is InChI=1S/C15H20ClNO3/c1-17(9-12-5-2-3-6-13(12)16)10-15(14(18)19)7-4-8-20-11-15/h2-3,5-6H,4,7-11H2,1H3,(H,18,19). The Morgan fingerprint density at radius 2 is 2.25 bits per heavy atom. The summed E-state index contributed by atoms with van der Waals surface area (Å²) >= 11 is 6.14. The van der Waals surface area contributed by atoms with E-state index in [2.05, 4.69) is 0 Å². The van der Waals surface area contributed by atoms with E-state index in [4.69, 9.17) is 16.3 Å². The predicted octanol–water partition coefficient (Wildman–Crippen LogP) is 2.65. The predicted molar refractivity (Wildman–Crippen MR) is 77.9 cm³/mol. The van der Waals surface area contributed by atoms with Crippen molar-refractivity contribution in [1.82, 2.24) is 4.90 Å². The zero-order valence-electron chi connectivity index (χ0n) is 11.6. The van der Waals surface area contributed by atoms with Gasteiger partial charge >= 0.3 is 5.97 Å². The third-order valence-corrected chi connectivity index (χ3v) is 4.12. The van der Waals surface area contributed by atoms with Crippen LogP contribution in [0.3, 0.4) is 0 Å². The first-order valence-corrected chi connectivity index (χ1v) is 7.14. The minimum Gasteiger partial charge on any atom is -0.481 e. The van der Waals surface area contributed by atoms with E-state index in [1.54, 1.807) is 0 Å². The van der Waals surface area contributed by atoms with Gasteiger partial charge in [0.05, 0.1) is 6.61 Å². The summed E-state index contributed by atoms with van der Waals surface area (Å²) in [5.74, 6) is -0.775. The van der Waals surface area contributed by atoms with E-state index in [0.717, 1.165) is 12.0 Å². The van der Waals surface area contributed by atoms with Gasteiger partial charge in [-0.05, 0) is 31.5 Å². The van der Waals surface area contributed by atoms with Crippen molar-refractivity contribution in [3.8, 4) is 0 Å². The van der Waals surface area contributed by atoms with Crippen LogP contribution in [0.2, 0.25) is 5.02 Å². The van der Waals surface area contributed by atoms with Crippen molar-refractivity contribution in [3.05, 3.63) is 34.9 Å². The largest absolute Gasteiger partial charge is 0.481 e. The van der Waals surface area contributed by atoms with Gasteiger partial charge in [0.25, 0.3) is 0 Å². The third kappa shape index (κ3) is 3.51. The lowest BCUT2D eigenvalue weighted by Gasteiger charge is -2.36. The lowest BCUT2D eigenvalue weighted by Crippen LogP contribution is -2.47. The molecule has 1 saturated heterocycles. The van der Waals surface area contributed by atoms with E-state index >= 15 is 0 Å². The summed E-state index contributed by atoms with van der Waals surface area (Å²) in [4.78, 5) is 13.6. The van der Waals surface area contributed by atoms with Crippen LogP contribution in [0.1, 0.15) is 18.4 Å². The first-order chi connectivity index (χ1) is 9.53. The molecule has 2 rings (SSSR count). The molecular formula is C15H20ClNO3. The highest BCUT2D eigenvalue weighted by atomic mass is 35.5. The van der Waals surface area contributed by atoms with Crippen LogP contribution >= 0.6 is 11.6 Å². The summed E-state index contributed by atoms with van der Waals surface area (Å²) < 4.78 is 5.39. The molecule has 110 valence electrons. The van der Waals surface area contributed by atoms with Crippen LogP contribution < -0.4 is 0 Å². The Morgan fingerprint density at radius 3 is 2.85 bits per heavy atom. The zero-order valence-corrected chi connectivity index (χ0v) is 12.4. The molecule has 0 saturated carbocycles. The average Bonchev–Trinajstić information content (AvgIpc) is 2.42. The average molecular weight is 298 g/mol. The SMILES string of the molecule is CN(Cc1ccccc1Cl)CC1(C(=O)O)CCCOC1. The van der Waals surface area contributed by atoms with Gasteiger partial charge in [0.2, 0.25) is 0 Å². The fraction of sp³-hybridized carbons (Fsp3) is 0.533. The molecule has 1 N–H and O–H groups in total. The van der Waals surface area contributed by atoms with Crippen molar-refractivity contribution >= 4 is 17.6 Å². The summed E-state index contributed by atoms with van der Waals surface area (Å²) in [6.07, 6.45) is 1.46. The molecular weight excluding hydrogens is 278 g/mol. The Balaban J connectivity index is 2.04. The van der Waals surface area contributed by atoms with E-state index in [0.29, 0.717) is 31.1 Å². The first kappa shape index (κ1) is 15.3. The van der Waals surface area contributed by atoms with E-state index in [-0.39, 0.29) is 6.61 Å². The monoisotopic (exact) mass is 297 g/mol. The molecule has 1 aromatic rings. The Hall–Kier alpha value is -1.10. The summed E-state index contributed by atoms with van der Waals surface area (Å²) in [6, 6.07) is 7.64. The molecule has 0 bridgehead atoms. The highest BCUT2D eigenvalue weighted by Gasteiger charge is 2.41. The molecule has 1 fully saturated rings. The molecule has 0 aliphatic carbocycles. The van der Waals surface area contributed by atoms with Crippen LogP contribution in [0.25, 0.3) is 0 Å². The van der Waals surface area contributed by atoms with Gasteiger partial charge in [0.15, 0.2) is 0 Å². The van der Waals surface area contributed by atoms with Crippen molar-refractivity contribution in [3.63, 3.8) is 0 Å². The number of carboxylic acid groups (broad SMARTS) is 1. The smallest absolute Gasteiger partial charge is 0.313 e. The molecule has 1 atom stereocenters. The Morgan fingerprint density at radius 1 is 1.50 bits per heavy atom. The van der Waals surface area contributed by atoms with Gasteiger partial charge in [-0.2, -0.15) is 0 Å². The van der Waals surface area contributed by atoms with Gasteiger partial charge in [-0.1, -0.05) is 29.8 Å². The number of rotatable bonds is 5. The van der Waals surface area contributed by atoms with Gasteiger partial charge in [0, 0.05) is 24.7 Å². The normalized spacial score (nSPS) is 22.9. The maximum absolute atomic E-state index is 11.6. The second-order valence-corrected chi connectivity index (χ2v) is 5.91. The van der Waals surface area contributed by atoms with Gasteiger partial charge in [0.1, 0.15) is 5.41 Å². The minimum absolute atomic E-state index is 0.287. The molecule has 20 heavy (non-hydrogen) atoms. The van der Waals surface area contributed by atoms with Crippen LogP contribution in [-0.2, 0) is 16.1 Å². The topological polar surface area (TPSA) is 49.8 Å². The maximum atomic E-state index is 11.6. The van der Waals surface area contributed by atoms with Gasteiger partial charge in [-0.25, -0.2) is 0 Å². The number of hydrogen-bond acceptors (Lipinski definition) is 3. The van der Waals surface area contributed by atoms with E-state index in [9.17, 15) is 9.90 Å². The molecule has 4 nitrogen and oxygen atoms in total. The van der Waals surface area contributed by atoms with E-state index in [1.807, 2.05) is 36.2 Å². The lowest BCUT2D eigenvalue weighted by atomic mass is 9.82. The summed E-state index contributed by atoms with van der Waals surface area (Å²) in [7, 11) is 1.92. The Bertz CT molecular complexity index is 472. The minimum atomic E-state index is -0.797. The van der Waals surface area contributed by atoms with Crippen LogP contribution in [0.15, 0.2) is 24.3 Å². The van der Waals surface area contributed by atoms with E-state index in [1.165, 1.54) is 0 Å². The van der Waals surface area contributed by atoms with Gasteiger partial charge in [-0.3, -0.25) is 4.79 Å². The van der Waals surface area contributed by atoms with Crippen LogP contribution in [0, 0.1) is 5.41 Å². The molecule has 0 amide bonds. The molecule has 1 heterocycles. The van der Waals surface area contributed by atoms with Crippen molar-refractivity contribution in [1.29, 1.82) is 0 Å². The molecule has 5 heteroatoms. The number of carbonyl (C=O) groups is 1. The third-order valence-electron chi connectivity index (χ3n) is 3.75. The fourth-order valence-electron chi connectivity index (χ4n) is 2.70. The highest BCUT2D eigenvalue weighted by Crippen LogP contribution is 2.30. The molecule has 0 spiro atoms. The Kier molecular flexibility index (Phi) is 5.02. The molecule has 1 unspecified atom stereocenters. The van der Waals surface area contributed by atoms with E-state index < -0.39 is 11.4 Å². The molecule has 0 radical (unpaired) electrons. The number of ether oxygens (including phenoxy) is 1. The summed E-state index contributed by atoms with van der Waals surface area (Å²) in [5, 5.41) is 10.2. The lowest BCUT2D eigenvalue weighted by molar-refractivity contribution is -0.159. The van der Waals surface area contributed by atoms with Crippen LogP contribution in [0.4, 0.5) is 0 Å². The van der Waals surface area contributed by atoms with Crippen molar-refractivity contribution in [2.45, 2.75) is 19.4 Å². The molecule has 1 aromatic carbocycles. The fourth-order valence-corrected chi connectivity index (χ4v) is 2.90. The van der Waals surface area contributed by atoms with Crippen LogP contribution in [0.5, 0.6) is 0 Å². The molecule has 1 aliphatic heterocycles. The highest BCUT2D eigenvalue weighted by molar-refractivity contribution is 6.31. The summed E-state index contributed by atoms with van der Waals surface area (Å²) in [5.41, 5.74) is 0.211. The number of nitrogens with zero attached hydrogens (tertiary/aromatic N) is 1. The quantitative estimate of drug-likeness (QED) is 0.908. The zero-order chi connectivity index (χ0) is 14.6. The molecule has 0 aromatic heterocycles. The number of benzene rings is 1. The van der Waals surface area contributed by atoms with Crippen molar-refractivity contribution in [2.75, 3.05) is 26.8 Å². The second-order valence-electron chi connectivity index (χ2n) is 5.51. The number of halogens is 1. The van der Waals surface area contributed by atoms with Crippen molar-refractivity contribution in [2.24, 2.45) is 5.41 Å². The number of aliphatic carboxylic acids is 1. The summed E-state index contributed by atoms with van der Waals surface area (Å²) in [6.45, 7) is 2.04. The first-order valence-electron chi connectivity index (χ1n) is 6.77. The molecule has 1 aliphatic rings. The maximum Gasteiger partial charge on any atom is 0.313 e. The number of carboxylic acids is 1. The second kappa shape index (κ2) is 6.57. The van der Waals surface area contributed by atoms with Crippen molar-refractivity contribution < 1.29 is 14.6 Å². The number of hydrogen-bond donors (Lipinski definition) is 1. The Labute approximate surface area is 124 Å². The van der Waals surface area contributed by atoms with Gasteiger partial charge in [-0.15, -0.1) is 0 Å².